The Morgan fingerprint density at radius 2 is 1.88 bits per heavy atom. The summed E-state index contributed by atoms with van der Waals surface area (Å²) >= 11 is 0.554. The summed E-state index contributed by atoms with van der Waals surface area (Å²) in [7, 11) is 0. The fourth-order valence-electron chi connectivity index (χ4n) is 1.55. The van der Waals surface area contributed by atoms with Crippen LogP contribution in [0.3, 0.4) is 0 Å². The van der Waals surface area contributed by atoms with Gasteiger partial charge in [0.25, 0.3) is 5.91 Å². The second-order valence-electron chi connectivity index (χ2n) is 4.24. The minimum Gasteiger partial charge on any atom is -0.451 e. The third kappa shape index (κ3) is 3.87. The largest absolute Gasteiger partial charge is 0.451 e. The number of benzene rings is 1. The van der Waals surface area contributed by atoms with Gasteiger partial charge in [-0.3, -0.25) is 14.9 Å². The van der Waals surface area contributed by atoms with Crippen molar-refractivity contribution in [1.29, 1.82) is 0 Å². The predicted octanol–water partition coefficient (Wildman–Crippen LogP) is 2.87. The number of anilines is 1. The van der Waals surface area contributed by atoms with E-state index in [1.54, 1.807) is 0 Å². The van der Waals surface area contributed by atoms with E-state index in [0.717, 1.165) is 18.2 Å². The van der Waals surface area contributed by atoms with Gasteiger partial charge < -0.3 is 10.1 Å². The molecule has 0 aliphatic heterocycles. The van der Waals surface area contributed by atoms with Crippen molar-refractivity contribution in [3.63, 3.8) is 0 Å². The van der Waals surface area contributed by atoms with E-state index in [0.29, 0.717) is 17.4 Å². The Labute approximate surface area is 135 Å². The van der Waals surface area contributed by atoms with E-state index in [-0.39, 0.29) is 9.88 Å². The molecule has 0 saturated heterocycles. The summed E-state index contributed by atoms with van der Waals surface area (Å²) in [6.45, 7) is -0.844. The smallest absolute Gasteiger partial charge is 0.349 e. The molecule has 0 aliphatic carbocycles. The maximum Gasteiger partial charge on any atom is 0.349 e. The van der Waals surface area contributed by atoms with Gasteiger partial charge in [-0.1, -0.05) is 11.3 Å². The summed E-state index contributed by atoms with van der Waals surface area (Å²) in [4.78, 5) is 32.8. The first-order valence-electron chi connectivity index (χ1n) is 6.14. The summed E-state index contributed by atoms with van der Waals surface area (Å²) in [5, 5.41) is 12.1. The molecular formula is C13H7F3N2O5S. The zero-order chi connectivity index (χ0) is 17.9. The molecule has 1 aromatic heterocycles. The fraction of sp³-hybridized carbons (Fsp3) is 0.0769. The van der Waals surface area contributed by atoms with Crippen molar-refractivity contribution in [2.75, 3.05) is 11.9 Å². The monoisotopic (exact) mass is 360 g/mol. The van der Waals surface area contributed by atoms with Crippen LogP contribution in [0.5, 0.6) is 0 Å². The number of nitrogens with one attached hydrogen (secondary N) is 1. The molecule has 0 bridgehead atoms. The van der Waals surface area contributed by atoms with Gasteiger partial charge in [-0.15, -0.1) is 0 Å². The lowest BCUT2D eigenvalue weighted by Gasteiger charge is -2.07. The SMILES string of the molecule is O=C(COC(=O)c1ccc([N+](=O)[O-])s1)Nc1ccc(F)c(F)c1F. The van der Waals surface area contributed by atoms with Crippen LogP contribution in [0.15, 0.2) is 24.3 Å². The van der Waals surface area contributed by atoms with Crippen LogP contribution in [0.4, 0.5) is 23.9 Å². The average molecular weight is 360 g/mol. The quantitative estimate of drug-likeness (QED) is 0.383. The number of hydrogen-bond acceptors (Lipinski definition) is 6. The van der Waals surface area contributed by atoms with Gasteiger partial charge in [0, 0.05) is 6.07 Å². The third-order valence-electron chi connectivity index (χ3n) is 2.62. The van der Waals surface area contributed by atoms with Gasteiger partial charge in [0.1, 0.15) is 4.88 Å². The maximum atomic E-state index is 13.4. The molecule has 126 valence electrons. The van der Waals surface area contributed by atoms with Crippen molar-refractivity contribution in [2.24, 2.45) is 0 Å². The van der Waals surface area contributed by atoms with E-state index in [4.69, 9.17) is 0 Å². The highest BCUT2D eigenvalue weighted by atomic mass is 32.1. The summed E-state index contributed by atoms with van der Waals surface area (Å²) in [6, 6.07) is 3.66. The van der Waals surface area contributed by atoms with E-state index in [2.05, 4.69) is 4.74 Å². The van der Waals surface area contributed by atoms with E-state index in [1.165, 1.54) is 0 Å². The summed E-state index contributed by atoms with van der Waals surface area (Å²) in [5.41, 5.74) is -0.623. The Kier molecular flexibility index (Phi) is 5.14. The van der Waals surface area contributed by atoms with Crippen LogP contribution < -0.4 is 5.32 Å². The molecule has 24 heavy (non-hydrogen) atoms. The molecule has 1 heterocycles. The Balaban J connectivity index is 1.94. The van der Waals surface area contributed by atoms with Gasteiger partial charge >= 0.3 is 11.0 Å². The van der Waals surface area contributed by atoms with Crippen LogP contribution in [0.1, 0.15) is 9.67 Å². The second kappa shape index (κ2) is 7.08. The van der Waals surface area contributed by atoms with E-state index < -0.39 is 46.5 Å². The molecule has 0 spiro atoms. The number of ether oxygens (including phenoxy) is 1. The molecule has 7 nitrogen and oxygen atoms in total. The average Bonchev–Trinajstić information content (AvgIpc) is 3.03. The van der Waals surface area contributed by atoms with Gasteiger partial charge in [0.15, 0.2) is 24.1 Å². The van der Waals surface area contributed by atoms with Crippen molar-refractivity contribution in [2.45, 2.75) is 0 Å². The van der Waals surface area contributed by atoms with Crippen LogP contribution >= 0.6 is 11.3 Å². The molecular weight excluding hydrogens is 353 g/mol. The number of nitrogens with zero attached hydrogens (tertiary/aromatic N) is 1. The van der Waals surface area contributed by atoms with Crippen LogP contribution in [-0.4, -0.2) is 23.4 Å². The van der Waals surface area contributed by atoms with Crippen LogP contribution in [0.2, 0.25) is 0 Å². The maximum absolute atomic E-state index is 13.4. The topological polar surface area (TPSA) is 98.5 Å². The van der Waals surface area contributed by atoms with E-state index >= 15 is 0 Å². The molecule has 1 amide bonds. The zero-order valence-corrected chi connectivity index (χ0v) is 12.4. The zero-order valence-electron chi connectivity index (χ0n) is 11.5. The molecule has 0 atom stereocenters. The third-order valence-corrected chi connectivity index (χ3v) is 3.63. The fourth-order valence-corrected chi connectivity index (χ4v) is 2.26. The molecule has 0 unspecified atom stereocenters. The first-order valence-corrected chi connectivity index (χ1v) is 6.96. The lowest BCUT2D eigenvalue weighted by atomic mass is 10.3. The minimum atomic E-state index is -1.75. The van der Waals surface area contributed by atoms with Gasteiger partial charge in [-0.05, 0) is 18.2 Å². The second-order valence-corrected chi connectivity index (χ2v) is 5.30. The van der Waals surface area contributed by atoms with Gasteiger partial charge in [0.2, 0.25) is 0 Å². The molecule has 11 heteroatoms. The Bertz CT molecular complexity index is 824. The van der Waals surface area contributed by atoms with Crippen molar-refractivity contribution >= 4 is 33.9 Å². The number of rotatable bonds is 5. The lowest BCUT2D eigenvalue weighted by Crippen LogP contribution is -2.21. The molecule has 0 saturated carbocycles. The minimum absolute atomic E-state index is 0.103. The highest BCUT2D eigenvalue weighted by molar-refractivity contribution is 7.17. The van der Waals surface area contributed by atoms with Crippen LogP contribution in [0, 0.1) is 27.6 Å². The number of esters is 1. The number of carbonyl (C=O) groups excluding carboxylic acids is 2. The number of carbonyl (C=O) groups is 2. The van der Waals surface area contributed by atoms with Gasteiger partial charge in [-0.2, -0.15) is 0 Å². The molecule has 1 N–H and O–H groups in total. The number of nitro groups is 1. The summed E-state index contributed by atoms with van der Waals surface area (Å²) in [5.74, 6) is -6.76. The first-order chi connectivity index (χ1) is 11.3. The van der Waals surface area contributed by atoms with Crippen molar-refractivity contribution in [3.05, 3.63) is 56.7 Å². The highest BCUT2D eigenvalue weighted by Crippen LogP contribution is 2.24. The molecule has 2 aromatic rings. The van der Waals surface area contributed by atoms with Crippen LogP contribution in [0.25, 0.3) is 0 Å². The number of thiophene rings is 1. The standard InChI is InChI=1S/C13H7F3N2O5S/c14-6-1-2-7(12(16)11(6)15)17-9(19)5-23-13(20)8-3-4-10(24-8)18(21)22/h1-4H,5H2,(H,17,19). The van der Waals surface area contributed by atoms with Crippen molar-refractivity contribution in [3.8, 4) is 0 Å². The van der Waals surface area contributed by atoms with E-state index in [9.17, 15) is 32.9 Å². The molecule has 0 radical (unpaired) electrons. The summed E-state index contributed by atoms with van der Waals surface area (Å²) < 4.78 is 43.7. The molecule has 1 aromatic carbocycles. The molecule has 0 fully saturated rings. The van der Waals surface area contributed by atoms with Crippen molar-refractivity contribution in [1.82, 2.24) is 0 Å². The first kappa shape index (κ1) is 17.4. The Hall–Kier alpha value is -2.95. The van der Waals surface area contributed by atoms with Gasteiger partial charge in [-0.25, -0.2) is 18.0 Å². The lowest BCUT2D eigenvalue weighted by molar-refractivity contribution is -0.380. The summed E-state index contributed by atoms with van der Waals surface area (Å²) in [6.07, 6.45) is 0. The Morgan fingerprint density at radius 1 is 1.17 bits per heavy atom. The predicted molar refractivity (Wildman–Crippen MR) is 76.2 cm³/mol. The van der Waals surface area contributed by atoms with Crippen molar-refractivity contribution < 1.29 is 32.4 Å². The number of halogens is 3. The molecule has 0 aliphatic rings. The Morgan fingerprint density at radius 3 is 2.50 bits per heavy atom. The van der Waals surface area contributed by atoms with E-state index in [1.807, 2.05) is 5.32 Å². The highest BCUT2D eigenvalue weighted by Gasteiger charge is 2.19. The molecule has 2 rings (SSSR count). The number of hydrogen-bond donors (Lipinski definition) is 1. The van der Waals surface area contributed by atoms with Gasteiger partial charge in [0.05, 0.1) is 10.6 Å². The normalized spacial score (nSPS) is 10.3. The number of amides is 1. The van der Waals surface area contributed by atoms with Crippen LogP contribution in [-0.2, 0) is 9.53 Å².